The number of carbonyl (C=O) groups is 1. The maximum absolute atomic E-state index is 13.7. The highest BCUT2D eigenvalue weighted by atomic mass is 79.9. The first kappa shape index (κ1) is 14.7. The van der Waals surface area contributed by atoms with Gasteiger partial charge >= 0.3 is 0 Å². The Balaban J connectivity index is 2.15. The minimum absolute atomic E-state index is 0.0191. The minimum atomic E-state index is -0.645. The molecule has 5 heteroatoms. The van der Waals surface area contributed by atoms with Crippen molar-refractivity contribution in [1.82, 2.24) is 0 Å². The Bertz CT molecular complexity index is 656. The minimum Gasteiger partial charge on any atom is -0.486 e. The van der Waals surface area contributed by atoms with Gasteiger partial charge in [-0.05, 0) is 43.3 Å². The Hall–Kier alpha value is -1.75. The third kappa shape index (κ3) is 3.42. The zero-order valence-corrected chi connectivity index (χ0v) is 12.2. The molecule has 0 unspecified atom stereocenters. The number of Topliss-reactive ketones (excluding diaryl/α,β-unsaturated/α-hetero) is 1. The van der Waals surface area contributed by atoms with Gasteiger partial charge in [0.25, 0.3) is 0 Å². The van der Waals surface area contributed by atoms with E-state index in [0.29, 0.717) is 10.0 Å². The van der Waals surface area contributed by atoms with Crippen molar-refractivity contribution in [3.8, 4) is 5.75 Å². The molecule has 0 fully saturated rings. The van der Waals surface area contributed by atoms with Crippen LogP contribution in [-0.2, 0) is 6.61 Å². The summed E-state index contributed by atoms with van der Waals surface area (Å²) in [5.74, 6) is -1.31. The van der Waals surface area contributed by atoms with Crippen LogP contribution in [0.4, 0.5) is 8.78 Å². The molecule has 2 nitrogen and oxygen atoms in total. The first-order chi connectivity index (χ1) is 9.47. The van der Waals surface area contributed by atoms with Crippen LogP contribution in [0, 0.1) is 11.6 Å². The zero-order chi connectivity index (χ0) is 14.7. The lowest BCUT2D eigenvalue weighted by atomic mass is 10.1. The van der Waals surface area contributed by atoms with E-state index in [1.807, 2.05) is 0 Å². The van der Waals surface area contributed by atoms with Gasteiger partial charge in [-0.25, -0.2) is 8.78 Å². The summed E-state index contributed by atoms with van der Waals surface area (Å²) in [7, 11) is 0. The largest absolute Gasteiger partial charge is 0.486 e. The van der Waals surface area contributed by atoms with Crippen LogP contribution in [0.15, 0.2) is 40.9 Å². The van der Waals surface area contributed by atoms with Crippen LogP contribution in [0.3, 0.4) is 0 Å². The number of hydrogen-bond acceptors (Lipinski definition) is 2. The lowest BCUT2D eigenvalue weighted by Gasteiger charge is -2.09. The number of halogens is 3. The third-order valence-corrected chi connectivity index (χ3v) is 3.22. The fourth-order valence-corrected chi connectivity index (χ4v) is 2.05. The predicted molar refractivity (Wildman–Crippen MR) is 74.8 cm³/mol. The highest BCUT2D eigenvalue weighted by Crippen LogP contribution is 2.22. The van der Waals surface area contributed by atoms with Gasteiger partial charge in [-0.3, -0.25) is 4.79 Å². The van der Waals surface area contributed by atoms with Crippen LogP contribution >= 0.6 is 15.9 Å². The molecule has 2 aromatic rings. The molecule has 2 rings (SSSR count). The Morgan fingerprint density at radius 2 is 1.90 bits per heavy atom. The van der Waals surface area contributed by atoms with Gasteiger partial charge in [0, 0.05) is 15.6 Å². The molecule has 104 valence electrons. The van der Waals surface area contributed by atoms with Gasteiger partial charge in [-0.15, -0.1) is 0 Å². The number of benzene rings is 2. The van der Waals surface area contributed by atoms with Crippen molar-refractivity contribution in [1.29, 1.82) is 0 Å². The molecule has 0 bridgehead atoms. The molecule has 0 N–H and O–H groups in total. The van der Waals surface area contributed by atoms with E-state index in [4.69, 9.17) is 4.74 Å². The number of ether oxygens (including phenoxy) is 1. The number of rotatable bonds is 4. The summed E-state index contributed by atoms with van der Waals surface area (Å²) >= 11 is 3.23. The van der Waals surface area contributed by atoms with E-state index in [0.717, 1.165) is 6.07 Å². The lowest BCUT2D eigenvalue weighted by Crippen LogP contribution is -2.01. The van der Waals surface area contributed by atoms with Crippen molar-refractivity contribution in [2.75, 3.05) is 0 Å². The van der Waals surface area contributed by atoms with Crippen LogP contribution in [0.1, 0.15) is 22.8 Å². The normalized spacial score (nSPS) is 10.4. The maximum atomic E-state index is 13.7. The average molecular weight is 341 g/mol. The van der Waals surface area contributed by atoms with Gasteiger partial charge in [0.15, 0.2) is 17.3 Å². The standard InChI is InChI=1S/C15H11BrF2O2/c1-9(19)10-2-5-15(14(18)7-10)20-8-11-6-12(16)3-4-13(11)17/h2-7H,8H2,1H3. The topological polar surface area (TPSA) is 26.3 Å². The Morgan fingerprint density at radius 1 is 1.15 bits per heavy atom. The second kappa shape index (κ2) is 6.13. The summed E-state index contributed by atoms with van der Waals surface area (Å²) in [4.78, 5) is 11.1. The van der Waals surface area contributed by atoms with E-state index in [9.17, 15) is 13.6 Å². The van der Waals surface area contributed by atoms with Gasteiger partial charge in [0.2, 0.25) is 0 Å². The summed E-state index contributed by atoms with van der Waals surface area (Å²) in [6.07, 6.45) is 0. The second-order valence-electron chi connectivity index (χ2n) is 4.23. The fourth-order valence-electron chi connectivity index (χ4n) is 1.65. The van der Waals surface area contributed by atoms with Crippen molar-refractivity contribution < 1.29 is 18.3 Å². The van der Waals surface area contributed by atoms with E-state index < -0.39 is 11.6 Å². The van der Waals surface area contributed by atoms with Crippen LogP contribution < -0.4 is 4.74 Å². The molecule has 0 saturated heterocycles. The van der Waals surface area contributed by atoms with Gasteiger partial charge in [-0.1, -0.05) is 15.9 Å². The molecule has 0 aromatic heterocycles. The predicted octanol–water partition coefficient (Wildman–Crippen LogP) is 4.51. The van der Waals surface area contributed by atoms with Crippen LogP contribution in [0.2, 0.25) is 0 Å². The van der Waals surface area contributed by atoms with E-state index in [1.165, 1.54) is 25.1 Å². The molecular weight excluding hydrogens is 330 g/mol. The monoisotopic (exact) mass is 340 g/mol. The molecule has 0 aliphatic heterocycles. The van der Waals surface area contributed by atoms with Crippen LogP contribution in [0.25, 0.3) is 0 Å². The summed E-state index contributed by atoms with van der Waals surface area (Å²) in [6.45, 7) is 1.26. The Kier molecular flexibility index (Phi) is 4.49. The van der Waals surface area contributed by atoms with E-state index >= 15 is 0 Å². The first-order valence-corrected chi connectivity index (χ1v) is 6.64. The zero-order valence-electron chi connectivity index (χ0n) is 10.6. The molecule has 0 radical (unpaired) electrons. The van der Waals surface area contributed by atoms with Crippen molar-refractivity contribution in [2.45, 2.75) is 13.5 Å². The molecule has 0 saturated carbocycles. The number of ketones is 1. The van der Waals surface area contributed by atoms with Gasteiger partial charge in [0.05, 0.1) is 0 Å². The molecule has 2 aromatic carbocycles. The van der Waals surface area contributed by atoms with Crippen molar-refractivity contribution >= 4 is 21.7 Å². The number of hydrogen-bond donors (Lipinski definition) is 0. The third-order valence-electron chi connectivity index (χ3n) is 2.73. The van der Waals surface area contributed by atoms with E-state index in [2.05, 4.69) is 15.9 Å². The number of carbonyl (C=O) groups excluding carboxylic acids is 1. The average Bonchev–Trinajstić information content (AvgIpc) is 2.40. The highest BCUT2D eigenvalue weighted by molar-refractivity contribution is 9.10. The molecular formula is C15H11BrF2O2. The quantitative estimate of drug-likeness (QED) is 0.765. The smallest absolute Gasteiger partial charge is 0.165 e. The molecule has 0 spiro atoms. The molecule has 0 heterocycles. The Labute approximate surface area is 123 Å². The summed E-state index contributed by atoms with van der Waals surface area (Å²) in [6, 6.07) is 8.38. The van der Waals surface area contributed by atoms with Crippen LogP contribution in [0.5, 0.6) is 5.75 Å². The molecule has 0 amide bonds. The highest BCUT2D eigenvalue weighted by Gasteiger charge is 2.09. The van der Waals surface area contributed by atoms with Crippen LogP contribution in [-0.4, -0.2) is 5.78 Å². The van der Waals surface area contributed by atoms with Gasteiger partial charge in [0.1, 0.15) is 12.4 Å². The van der Waals surface area contributed by atoms with Gasteiger partial charge in [-0.2, -0.15) is 0 Å². The summed E-state index contributed by atoms with van der Waals surface area (Å²) in [5.41, 5.74) is 0.581. The lowest BCUT2D eigenvalue weighted by molar-refractivity contribution is 0.101. The van der Waals surface area contributed by atoms with Crippen molar-refractivity contribution in [2.24, 2.45) is 0 Å². The summed E-state index contributed by atoms with van der Waals surface area (Å²) < 4.78 is 33.2. The van der Waals surface area contributed by atoms with E-state index in [-0.39, 0.29) is 23.7 Å². The fraction of sp³-hybridized carbons (Fsp3) is 0.133. The van der Waals surface area contributed by atoms with E-state index in [1.54, 1.807) is 12.1 Å². The molecule has 0 aliphatic rings. The van der Waals surface area contributed by atoms with Gasteiger partial charge < -0.3 is 4.74 Å². The second-order valence-corrected chi connectivity index (χ2v) is 5.14. The van der Waals surface area contributed by atoms with Crippen molar-refractivity contribution in [3.05, 3.63) is 63.6 Å². The SMILES string of the molecule is CC(=O)c1ccc(OCc2cc(Br)ccc2F)c(F)c1. The molecule has 20 heavy (non-hydrogen) atoms. The summed E-state index contributed by atoms with van der Waals surface area (Å²) in [5, 5.41) is 0. The molecule has 0 atom stereocenters. The Morgan fingerprint density at radius 3 is 2.55 bits per heavy atom. The first-order valence-electron chi connectivity index (χ1n) is 5.84. The maximum Gasteiger partial charge on any atom is 0.165 e. The van der Waals surface area contributed by atoms with Crippen molar-refractivity contribution in [3.63, 3.8) is 0 Å². The molecule has 0 aliphatic carbocycles.